The molecule has 0 saturated heterocycles. The number of hydrogen-bond donors (Lipinski definition) is 2. The maximum absolute atomic E-state index is 12.6. The van der Waals surface area contributed by atoms with Gasteiger partial charge in [-0.25, -0.2) is 0 Å². The van der Waals surface area contributed by atoms with E-state index in [2.05, 4.69) is 46.8 Å². The molecule has 0 aliphatic rings. The summed E-state index contributed by atoms with van der Waals surface area (Å²) in [5, 5.41) is 6.19. The molecule has 1 heterocycles. The molecule has 0 aliphatic heterocycles. The van der Waals surface area contributed by atoms with E-state index in [0.29, 0.717) is 30.2 Å². The number of amides is 1. The predicted octanol–water partition coefficient (Wildman–Crippen LogP) is 4.65. The van der Waals surface area contributed by atoms with Crippen LogP contribution < -0.4 is 15.4 Å². The summed E-state index contributed by atoms with van der Waals surface area (Å²) in [5.41, 5.74) is 4.31. The minimum absolute atomic E-state index is 0.228. The summed E-state index contributed by atoms with van der Waals surface area (Å²) in [6.45, 7) is 5.17. The van der Waals surface area contributed by atoms with Gasteiger partial charge < -0.3 is 15.4 Å². The zero-order valence-corrected chi connectivity index (χ0v) is 15.5. The number of carbonyl (C=O) groups excluding carboxylic acids is 1. The van der Waals surface area contributed by atoms with Gasteiger partial charge in [-0.2, -0.15) is 0 Å². The zero-order valence-electron chi connectivity index (χ0n) is 15.5. The summed E-state index contributed by atoms with van der Waals surface area (Å²) in [5.74, 6) is 0.420. The number of para-hydroxylation sites is 2. The third kappa shape index (κ3) is 5.07. The Morgan fingerprint density at radius 3 is 2.63 bits per heavy atom. The fraction of sp³-hybridized carbons (Fsp3) is 0.182. The number of ether oxygens (including phenoxy) is 1. The quantitative estimate of drug-likeness (QED) is 0.643. The lowest BCUT2D eigenvalue weighted by molar-refractivity contribution is 0.102. The van der Waals surface area contributed by atoms with Crippen LogP contribution in [0.25, 0.3) is 0 Å². The zero-order chi connectivity index (χ0) is 19.1. The first kappa shape index (κ1) is 18.5. The Labute approximate surface area is 159 Å². The number of hydrogen-bond acceptors (Lipinski definition) is 4. The molecule has 2 N–H and O–H groups in total. The first-order chi connectivity index (χ1) is 13.2. The van der Waals surface area contributed by atoms with E-state index in [1.165, 1.54) is 11.1 Å². The molecule has 0 atom stereocenters. The first-order valence-electron chi connectivity index (χ1n) is 8.93. The molecule has 0 radical (unpaired) electrons. The lowest BCUT2D eigenvalue weighted by Gasteiger charge is -2.12. The number of aryl methyl sites for hydroxylation is 1. The van der Waals surface area contributed by atoms with E-state index in [4.69, 9.17) is 4.74 Å². The van der Waals surface area contributed by atoms with E-state index in [1.54, 1.807) is 18.5 Å². The van der Waals surface area contributed by atoms with Crippen LogP contribution in [0, 0.1) is 6.92 Å². The number of rotatable bonds is 7. The van der Waals surface area contributed by atoms with Crippen molar-refractivity contribution in [2.75, 3.05) is 17.2 Å². The van der Waals surface area contributed by atoms with Crippen LogP contribution in [0.3, 0.4) is 0 Å². The van der Waals surface area contributed by atoms with Gasteiger partial charge in [-0.15, -0.1) is 0 Å². The molecule has 0 fully saturated rings. The monoisotopic (exact) mass is 361 g/mol. The van der Waals surface area contributed by atoms with Crippen LogP contribution in [-0.2, 0) is 6.54 Å². The van der Waals surface area contributed by atoms with Crippen molar-refractivity contribution in [3.63, 3.8) is 0 Å². The number of pyridine rings is 1. The Hall–Kier alpha value is -3.34. The molecular formula is C22H23N3O2. The first-order valence-corrected chi connectivity index (χ1v) is 8.93. The molecule has 5 nitrogen and oxygen atoms in total. The van der Waals surface area contributed by atoms with Gasteiger partial charge in [0.2, 0.25) is 0 Å². The smallest absolute Gasteiger partial charge is 0.257 e. The summed E-state index contributed by atoms with van der Waals surface area (Å²) in [6.07, 6.45) is 3.26. The molecule has 3 rings (SSSR count). The van der Waals surface area contributed by atoms with Crippen LogP contribution >= 0.6 is 0 Å². The van der Waals surface area contributed by atoms with Gasteiger partial charge in [-0.05, 0) is 37.6 Å². The van der Waals surface area contributed by atoms with Crippen LogP contribution in [0.2, 0.25) is 0 Å². The lowest BCUT2D eigenvalue weighted by Crippen LogP contribution is -2.13. The van der Waals surface area contributed by atoms with Gasteiger partial charge in [-0.3, -0.25) is 9.78 Å². The Kier molecular flexibility index (Phi) is 6.05. The van der Waals surface area contributed by atoms with E-state index in [9.17, 15) is 4.79 Å². The maximum atomic E-state index is 12.6. The maximum Gasteiger partial charge on any atom is 0.257 e. The molecule has 0 aliphatic carbocycles. The molecule has 2 aromatic carbocycles. The summed E-state index contributed by atoms with van der Waals surface area (Å²) in [6, 6.07) is 17.5. The third-order valence-electron chi connectivity index (χ3n) is 4.05. The highest BCUT2D eigenvalue weighted by Crippen LogP contribution is 2.24. The Morgan fingerprint density at radius 1 is 1.07 bits per heavy atom. The van der Waals surface area contributed by atoms with Gasteiger partial charge >= 0.3 is 0 Å². The molecule has 138 valence electrons. The fourth-order valence-electron chi connectivity index (χ4n) is 2.62. The topological polar surface area (TPSA) is 63.2 Å². The van der Waals surface area contributed by atoms with E-state index < -0.39 is 0 Å². The minimum Gasteiger partial charge on any atom is -0.492 e. The molecule has 0 bridgehead atoms. The highest BCUT2D eigenvalue weighted by Gasteiger charge is 2.10. The molecule has 5 heteroatoms. The number of aromatic nitrogens is 1. The Bertz CT molecular complexity index is 907. The fourth-order valence-corrected chi connectivity index (χ4v) is 2.62. The number of nitrogens with zero attached hydrogens (tertiary/aromatic N) is 1. The molecule has 3 aromatic rings. The molecule has 1 amide bonds. The van der Waals surface area contributed by atoms with E-state index in [0.717, 1.165) is 5.69 Å². The van der Waals surface area contributed by atoms with Crippen molar-refractivity contribution in [2.24, 2.45) is 0 Å². The van der Waals surface area contributed by atoms with Gasteiger partial charge in [0.1, 0.15) is 5.75 Å². The van der Waals surface area contributed by atoms with Crippen LogP contribution in [0.1, 0.15) is 28.4 Å². The molecule has 0 unspecified atom stereocenters. The number of carbonyl (C=O) groups is 1. The van der Waals surface area contributed by atoms with Crippen molar-refractivity contribution in [1.82, 2.24) is 4.98 Å². The average molecular weight is 361 g/mol. The number of benzene rings is 2. The van der Waals surface area contributed by atoms with E-state index >= 15 is 0 Å². The van der Waals surface area contributed by atoms with Crippen molar-refractivity contribution < 1.29 is 9.53 Å². The standard InChI is InChI=1S/C22H23N3O2/c1-3-27-21-7-5-4-6-20(21)25-22(26)18-12-19(15-23-14-18)24-13-17-10-8-16(2)9-11-17/h4-12,14-15,24H,3,13H2,1-2H3,(H,25,26). The highest BCUT2D eigenvalue weighted by atomic mass is 16.5. The van der Waals surface area contributed by atoms with Gasteiger partial charge in [-0.1, -0.05) is 42.0 Å². The van der Waals surface area contributed by atoms with Crippen LogP contribution in [0.5, 0.6) is 5.75 Å². The average Bonchev–Trinajstić information content (AvgIpc) is 2.69. The summed E-state index contributed by atoms with van der Waals surface area (Å²) >= 11 is 0. The summed E-state index contributed by atoms with van der Waals surface area (Å²) < 4.78 is 5.55. The van der Waals surface area contributed by atoms with Gasteiger partial charge in [0.25, 0.3) is 5.91 Å². The van der Waals surface area contributed by atoms with Gasteiger partial charge in [0, 0.05) is 18.9 Å². The van der Waals surface area contributed by atoms with E-state index in [-0.39, 0.29) is 5.91 Å². The second-order valence-corrected chi connectivity index (χ2v) is 6.18. The van der Waals surface area contributed by atoms with E-state index in [1.807, 2.05) is 31.2 Å². The second-order valence-electron chi connectivity index (χ2n) is 6.18. The molecular weight excluding hydrogens is 338 g/mol. The van der Waals surface area contributed by atoms with Crippen molar-refractivity contribution >= 4 is 17.3 Å². The SMILES string of the molecule is CCOc1ccccc1NC(=O)c1cncc(NCc2ccc(C)cc2)c1. The molecule has 1 aromatic heterocycles. The lowest BCUT2D eigenvalue weighted by atomic mass is 10.1. The molecule has 0 saturated carbocycles. The van der Waals surface area contributed by atoms with Crippen LogP contribution in [-0.4, -0.2) is 17.5 Å². The summed E-state index contributed by atoms with van der Waals surface area (Å²) in [7, 11) is 0. The number of anilines is 2. The number of nitrogens with one attached hydrogen (secondary N) is 2. The van der Waals surface area contributed by atoms with Crippen molar-refractivity contribution in [2.45, 2.75) is 20.4 Å². The van der Waals surface area contributed by atoms with Gasteiger partial charge in [0.15, 0.2) is 0 Å². The Balaban J connectivity index is 1.67. The van der Waals surface area contributed by atoms with Crippen molar-refractivity contribution in [3.05, 3.63) is 83.7 Å². The molecule has 27 heavy (non-hydrogen) atoms. The van der Waals surface area contributed by atoms with Crippen LogP contribution in [0.4, 0.5) is 11.4 Å². The predicted molar refractivity (Wildman–Crippen MR) is 108 cm³/mol. The highest BCUT2D eigenvalue weighted by molar-refractivity contribution is 6.05. The largest absolute Gasteiger partial charge is 0.492 e. The molecule has 0 spiro atoms. The van der Waals surface area contributed by atoms with Crippen LogP contribution in [0.15, 0.2) is 67.0 Å². The van der Waals surface area contributed by atoms with Crippen molar-refractivity contribution in [1.29, 1.82) is 0 Å². The third-order valence-corrected chi connectivity index (χ3v) is 4.05. The Morgan fingerprint density at radius 2 is 1.85 bits per heavy atom. The normalized spacial score (nSPS) is 10.3. The van der Waals surface area contributed by atoms with Gasteiger partial charge in [0.05, 0.1) is 23.5 Å². The minimum atomic E-state index is -0.228. The summed E-state index contributed by atoms with van der Waals surface area (Å²) in [4.78, 5) is 16.8. The second kappa shape index (κ2) is 8.85. The van der Waals surface area contributed by atoms with Crippen molar-refractivity contribution in [3.8, 4) is 5.75 Å².